The number of nitrogens with zero attached hydrogens (tertiary/aromatic N) is 7. The van der Waals surface area contributed by atoms with Gasteiger partial charge in [0.05, 0.1) is 31.2 Å². The number of rotatable bonds is 8. The van der Waals surface area contributed by atoms with Crippen molar-refractivity contribution in [3.05, 3.63) is 72.3 Å². The number of carbonyl (C=O) groups is 1. The van der Waals surface area contributed by atoms with Crippen molar-refractivity contribution in [2.24, 2.45) is 0 Å². The van der Waals surface area contributed by atoms with Gasteiger partial charge in [0.15, 0.2) is 5.65 Å². The Morgan fingerprint density at radius 1 is 1.16 bits per heavy atom. The van der Waals surface area contributed by atoms with E-state index in [1.807, 2.05) is 32.0 Å². The molecule has 0 saturated carbocycles. The van der Waals surface area contributed by atoms with Gasteiger partial charge in [0.2, 0.25) is 0 Å². The van der Waals surface area contributed by atoms with Crippen molar-refractivity contribution in [3.63, 3.8) is 0 Å². The number of likely N-dealkylation sites (tertiary alicyclic amines) is 1. The van der Waals surface area contributed by atoms with Crippen LogP contribution < -0.4 is 10.5 Å². The standard InChI is InChI=1S/C33H35FN8O3/c1-33(2,40-13-15-44-16-14-40)18-22(19-35)32(43)41-12-6-7-23(41)20-42-31-28(30(36)37-21-38-31)29(39-42)26-11-10-25(17-27(26)34)45-24-8-4-3-5-9-24/h3-5,8-11,17-18,21,23H,6-7,12-16,20H2,1-2H3,(H2,36,37,38). The molecule has 1 amide bonds. The predicted molar refractivity (Wildman–Crippen MR) is 167 cm³/mol. The van der Waals surface area contributed by atoms with E-state index in [4.69, 9.17) is 20.3 Å². The number of nitrogen functional groups attached to an aromatic ring is 1. The lowest BCUT2D eigenvalue weighted by Gasteiger charge is -2.39. The molecule has 1 atom stereocenters. The number of anilines is 1. The van der Waals surface area contributed by atoms with Gasteiger partial charge in [0, 0.05) is 36.8 Å². The highest BCUT2D eigenvalue weighted by Gasteiger charge is 2.34. The van der Waals surface area contributed by atoms with Gasteiger partial charge in [-0.2, -0.15) is 10.4 Å². The fourth-order valence-electron chi connectivity index (χ4n) is 6.10. The second-order valence-corrected chi connectivity index (χ2v) is 11.8. The summed E-state index contributed by atoms with van der Waals surface area (Å²) in [5, 5.41) is 15.2. The minimum Gasteiger partial charge on any atom is -0.457 e. The van der Waals surface area contributed by atoms with Crippen molar-refractivity contribution >= 4 is 22.8 Å². The van der Waals surface area contributed by atoms with Crippen LogP contribution in [-0.4, -0.2) is 79.9 Å². The smallest absolute Gasteiger partial charge is 0.264 e. The Bertz CT molecular complexity index is 1780. The summed E-state index contributed by atoms with van der Waals surface area (Å²) < 4.78 is 28.5. The van der Waals surface area contributed by atoms with Crippen molar-refractivity contribution in [2.45, 2.75) is 44.8 Å². The second kappa shape index (κ2) is 12.6. The Balaban J connectivity index is 1.28. The molecule has 0 radical (unpaired) electrons. The van der Waals surface area contributed by atoms with E-state index in [9.17, 15) is 10.1 Å². The number of halogens is 1. The lowest BCUT2D eigenvalue weighted by atomic mass is 9.97. The Kier molecular flexibility index (Phi) is 8.47. The average Bonchev–Trinajstić information content (AvgIpc) is 3.66. The lowest BCUT2D eigenvalue weighted by molar-refractivity contribution is -0.127. The van der Waals surface area contributed by atoms with E-state index in [2.05, 4.69) is 20.9 Å². The molecule has 12 heteroatoms. The molecule has 4 heterocycles. The molecule has 2 aliphatic heterocycles. The van der Waals surface area contributed by atoms with Gasteiger partial charge in [-0.25, -0.2) is 19.0 Å². The van der Waals surface area contributed by atoms with Crippen molar-refractivity contribution in [2.75, 3.05) is 38.6 Å². The zero-order valence-corrected chi connectivity index (χ0v) is 25.3. The van der Waals surface area contributed by atoms with E-state index in [1.165, 1.54) is 12.4 Å². The lowest BCUT2D eigenvalue weighted by Crippen LogP contribution is -2.49. The maximum atomic E-state index is 15.6. The van der Waals surface area contributed by atoms with Gasteiger partial charge >= 0.3 is 0 Å². The Labute approximate surface area is 260 Å². The van der Waals surface area contributed by atoms with Crippen LogP contribution in [-0.2, 0) is 16.1 Å². The first-order valence-electron chi connectivity index (χ1n) is 15.0. The normalized spacial score (nSPS) is 17.9. The monoisotopic (exact) mass is 610 g/mol. The molecule has 11 nitrogen and oxygen atoms in total. The minimum absolute atomic E-state index is 0.107. The molecule has 2 N–H and O–H groups in total. The molecule has 232 valence electrons. The number of hydrogen-bond donors (Lipinski definition) is 1. The van der Waals surface area contributed by atoms with Crippen molar-refractivity contribution in [1.29, 1.82) is 5.26 Å². The Morgan fingerprint density at radius 2 is 1.93 bits per heavy atom. The van der Waals surface area contributed by atoms with Gasteiger partial charge in [0.25, 0.3) is 5.91 Å². The Morgan fingerprint density at radius 3 is 2.67 bits per heavy atom. The quantitative estimate of drug-likeness (QED) is 0.225. The highest BCUT2D eigenvalue weighted by atomic mass is 19.1. The average molecular weight is 611 g/mol. The van der Waals surface area contributed by atoms with E-state index >= 15 is 4.39 Å². The van der Waals surface area contributed by atoms with Crippen LogP contribution in [0.5, 0.6) is 11.5 Å². The molecular weight excluding hydrogens is 575 g/mol. The molecule has 6 rings (SSSR count). The number of aromatic nitrogens is 4. The molecule has 2 aromatic heterocycles. The molecule has 1 unspecified atom stereocenters. The molecule has 2 aromatic carbocycles. The molecule has 4 aromatic rings. The number of nitrogens with two attached hydrogens (primary N) is 1. The molecular formula is C33H35FN8O3. The number of benzene rings is 2. The molecule has 2 aliphatic rings. The van der Waals surface area contributed by atoms with Crippen molar-refractivity contribution in [3.8, 4) is 28.8 Å². The number of carbonyl (C=O) groups excluding carboxylic acids is 1. The Hall–Kier alpha value is -4.86. The van der Waals surface area contributed by atoms with Crippen LogP contribution in [0.25, 0.3) is 22.3 Å². The summed E-state index contributed by atoms with van der Waals surface area (Å²) in [4.78, 5) is 26.3. The van der Waals surface area contributed by atoms with Gasteiger partial charge in [-0.05, 0) is 57.0 Å². The van der Waals surface area contributed by atoms with E-state index in [0.717, 1.165) is 19.5 Å². The first kappa shape index (κ1) is 30.2. The van der Waals surface area contributed by atoms with Crippen LogP contribution in [0.15, 0.2) is 66.5 Å². The van der Waals surface area contributed by atoms with Gasteiger partial charge < -0.3 is 20.1 Å². The third-order valence-electron chi connectivity index (χ3n) is 8.43. The summed E-state index contributed by atoms with van der Waals surface area (Å²) in [6, 6.07) is 15.6. The maximum Gasteiger partial charge on any atom is 0.264 e. The first-order chi connectivity index (χ1) is 21.7. The molecule has 0 spiro atoms. The number of nitriles is 1. The van der Waals surface area contributed by atoms with E-state index in [-0.39, 0.29) is 28.9 Å². The SMILES string of the molecule is CC(C)(C=C(C#N)C(=O)N1CCCC1Cn1nc(-c2ccc(Oc3ccccc3)cc2F)c2c(N)ncnc21)N1CCOCC1. The van der Waals surface area contributed by atoms with Gasteiger partial charge in [-0.3, -0.25) is 9.69 Å². The third kappa shape index (κ3) is 6.22. The van der Waals surface area contributed by atoms with Gasteiger partial charge in [0.1, 0.15) is 46.8 Å². The van der Waals surface area contributed by atoms with Gasteiger partial charge in [-0.1, -0.05) is 18.2 Å². The van der Waals surface area contributed by atoms with Crippen LogP contribution in [0.3, 0.4) is 0 Å². The summed E-state index contributed by atoms with van der Waals surface area (Å²) in [6.07, 6.45) is 4.60. The van der Waals surface area contributed by atoms with E-state index in [1.54, 1.807) is 39.9 Å². The van der Waals surface area contributed by atoms with Crippen LogP contribution in [0.2, 0.25) is 0 Å². The zero-order chi connectivity index (χ0) is 31.6. The van der Waals surface area contributed by atoms with E-state index < -0.39 is 11.4 Å². The number of amides is 1. The van der Waals surface area contributed by atoms with Crippen molar-refractivity contribution in [1.82, 2.24) is 29.5 Å². The summed E-state index contributed by atoms with van der Waals surface area (Å²) in [5.74, 6) is 0.250. The summed E-state index contributed by atoms with van der Waals surface area (Å²) in [7, 11) is 0. The maximum absolute atomic E-state index is 15.6. The number of morpholine rings is 1. The van der Waals surface area contributed by atoms with Crippen LogP contribution in [0, 0.1) is 17.1 Å². The van der Waals surface area contributed by atoms with Crippen LogP contribution in [0.4, 0.5) is 10.2 Å². The number of ether oxygens (including phenoxy) is 2. The zero-order valence-electron chi connectivity index (χ0n) is 25.3. The topological polar surface area (TPSA) is 135 Å². The van der Waals surface area contributed by atoms with E-state index in [0.29, 0.717) is 61.0 Å². The highest BCUT2D eigenvalue weighted by Crippen LogP contribution is 2.35. The number of fused-ring (bicyclic) bond motifs is 1. The molecule has 2 fully saturated rings. The highest BCUT2D eigenvalue weighted by molar-refractivity contribution is 5.99. The van der Waals surface area contributed by atoms with Gasteiger partial charge in [-0.15, -0.1) is 0 Å². The number of para-hydroxylation sites is 1. The fourth-order valence-corrected chi connectivity index (χ4v) is 6.10. The molecule has 0 bridgehead atoms. The minimum atomic E-state index is -0.539. The van der Waals surface area contributed by atoms with Crippen LogP contribution >= 0.6 is 0 Å². The predicted octanol–water partition coefficient (Wildman–Crippen LogP) is 4.56. The molecule has 45 heavy (non-hydrogen) atoms. The van der Waals surface area contributed by atoms with Crippen LogP contribution in [0.1, 0.15) is 26.7 Å². The third-order valence-corrected chi connectivity index (χ3v) is 8.43. The fraction of sp³-hybridized carbons (Fsp3) is 0.364. The second-order valence-electron chi connectivity index (χ2n) is 11.8. The number of hydrogen-bond acceptors (Lipinski definition) is 9. The molecule has 0 aliphatic carbocycles. The summed E-state index contributed by atoms with van der Waals surface area (Å²) >= 11 is 0. The summed E-state index contributed by atoms with van der Waals surface area (Å²) in [5.41, 5.74) is 6.85. The summed E-state index contributed by atoms with van der Waals surface area (Å²) in [6.45, 7) is 7.51. The van der Waals surface area contributed by atoms with Crippen molar-refractivity contribution < 1.29 is 18.7 Å². The first-order valence-corrected chi connectivity index (χ1v) is 15.0. The molecule has 2 saturated heterocycles. The largest absolute Gasteiger partial charge is 0.457 e.